The Morgan fingerprint density at radius 2 is 2.10 bits per heavy atom. The Balaban J connectivity index is 3.08. The van der Waals surface area contributed by atoms with Crippen molar-refractivity contribution in [2.75, 3.05) is 13.2 Å². The fourth-order valence-electron chi connectivity index (χ4n) is 1.48. The highest BCUT2D eigenvalue weighted by atomic mass is 35.5. The average Bonchev–Trinajstić information content (AvgIpc) is 2.37. The summed E-state index contributed by atoms with van der Waals surface area (Å²) in [5.74, 6) is -2.34. The smallest absolute Gasteiger partial charge is 0.341 e. The zero-order valence-electron chi connectivity index (χ0n) is 11.4. The van der Waals surface area contributed by atoms with Crippen LogP contribution < -0.4 is 5.14 Å². The molecule has 2 N–H and O–H groups in total. The molecule has 1 aromatic rings. The predicted octanol–water partition coefficient (Wildman–Crippen LogP) is 1.71. The van der Waals surface area contributed by atoms with Crippen molar-refractivity contribution in [2.24, 2.45) is 5.14 Å². The first-order chi connectivity index (χ1) is 9.66. The van der Waals surface area contributed by atoms with Gasteiger partial charge in [0, 0.05) is 11.6 Å². The van der Waals surface area contributed by atoms with E-state index in [-0.39, 0.29) is 11.6 Å². The molecule has 0 aliphatic carbocycles. The molecule has 6 nitrogen and oxygen atoms in total. The van der Waals surface area contributed by atoms with Gasteiger partial charge >= 0.3 is 5.97 Å². The van der Waals surface area contributed by atoms with Gasteiger partial charge in [0.25, 0.3) is 0 Å². The van der Waals surface area contributed by atoms with Crippen LogP contribution in [0, 0.1) is 5.82 Å². The van der Waals surface area contributed by atoms with E-state index in [4.69, 9.17) is 26.2 Å². The Morgan fingerprint density at radius 3 is 2.62 bits per heavy atom. The number of rotatable bonds is 6. The van der Waals surface area contributed by atoms with Crippen LogP contribution in [-0.2, 0) is 19.5 Å². The van der Waals surface area contributed by atoms with E-state index in [0.717, 1.165) is 12.1 Å². The fourth-order valence-corrected chi connectivity index (χ4v) is 2.42. The molecule has 0 spiro atoms. The molecule has 21 heavy (non-hydrogen) atoms. The first-order valence-corrected chi connectivity index (χ1v) is 7.89. The van der Waals surface area contributed by atoms with E-state index in [1.54, 1.807) is 13.8 Å². The van der Waals surface area contributed by atoms with E-state index in [2.05, 4.69) is 0 Å². The van der Waals surface area contributed by atoms with Crippen molar-refractivity contribution in [2.45, 2.75) is 24.8 Å². The Hall–Kier alpha value is -1.22. The van der Waals surface area contributed by atoms with Crippen molar-refractivity contribution < 1.29 is 27.1 Å². The average molecular weight is 340 g/mol. The molecule has 1 atom stereocenters. The van der Waals surface area contributed by atoms with Crippen molar-refractivity contribution in [3.05, 3.63) is 28.5 Å². The van der Waals surface area contributed by atoms with Crippen LogP contribution in [0.4, 0.5) is 4.39 Å². The van der Waals surface area contributed by atoms with Gasteiger partial charge < -0.3 is 9.47 Å². The van der Waals surface area contributed by atoms with Crippen molar-refractivity contribution in [3.8, 4) is 0 Å². The molecular weight excluding hydrogens is 325 g/mol. The molecule has 0 heterocycles. The zero-order chi connectivity index (χ0) is 16.2. The van der Waals surface area contributed by atoms with E-state index in [1.165, 1.54) is 0 Å². The van der Waals surface area contributed by atoms with Crippen LogP contribution in [0.5, 0.6) is 0 Å². The third kappa shape index (κ3) is 4.92. The maximum atomic E-state index is 14.1. The molecule has 0 aliphatic rings. The highest BCUT2D eigenvalue weighted by molar-refractivity contribution is 7.89. The van der Waals surface area contributed by atoms with E-state index in [1.807, 2.05) is 0 Å². The maximum Gasteiger partial charge on any atom is 0.341 e. The normalized spacial score (nSPS) is 13.0. The first kappa shape index (κ1) is 17.8. The number of nitrogens with two attached hydrogens (primary N) is 1. The van der Waals surface area contributed by atoms with Gasteiger partial charge in [-0.25, -0.2) is 22.7 Å². The zero-order valence-corrected chi connectivity index (χ0v) is 13.0. The van der Waals surface area contributed by atoms with Crippen LogP contribution in [-0.4, -0.2) is 33.7 Å². The summed E-state index contributed by atoms with van der Waals surface area (Å²) in [4.78, 5) is 11.0. The van der Waals surface area contributed by atoms with Crippen molar-refractivity contribution in [1.29, 1.82) is 0 Å². The van der Waals surface area contributed by atoms with Gasteiger partial charge in [-0.2, -0.15) is 0 Å². The van der Waals surface area contributed by atoms with Gasteiger partial charge in [-0.05, 0) is 26.0 Å². The molecule has 0 fully saturated rings. The molecule has 0 aliphatic heterocycles. The summed E-state index contributed by atoms with van der Waals surface area (Å²) in [5.41, 5.74) is -0.602. The summed E-state index contributed by atoms with van der Waals surface area (Å²) in [5, 5.41) is 4.72. The third-order valence-electron chi connectivity index (χ3n) is 2.40. The monoisotopic (exact) mass is 339 g/mol. The van der Waals surface area contributed by atoms with Crippen LogP contribution in [0.25, 0.3) is 0 Å². The molecule has 0 radical (unpaired) electrons. The topological polar surface area (TPSA) is 95.7 Å². The fraction of sp³-hybridized carbons (Fsp3) is 0.417. The summed E-state index contributed by atoms with van der Waals surface area (Å²) >= 11 is 5.67. The Morgan fingerprint density at radius 1 is 1.48 bits per heavy atom. The van der Waals surface area contributed by atoms with Crippen molar-refractivity contribution >= 4 is 27.6 Å². The molecule has 0 amide bonds. The van der Waals surface area contributed by atoms with Crippen LogP contribution in [0.15, 0.2) is 17.0 Å². The quantitative estimate of drug-likeness (QED) is 0.796. The van der Waals surface area contributed by atoms with Crippen molar-refractivity contribution in [3.63, 3.8) is 0 Å². The van der Waals surface area contributed by atoms with Crippen molar-refractivity contribution in [1.82, 2.24) is 0 Å². The lowest BCUT2D eigenvalue weighted by Crippen LogP contribution is -2.22. The number of primary sulfonamides is 1. The van der Waals surface area contributed by atoms with Crippen LogP contribution in [0.1, 0.15) is 24.2 Å². The summed E-state index contributed by atoms with van der Waals surface area (Å²) < 4.78 is 46.5. The Labute approximate surface area is 127 Å². The lowest BCUT2D eigenvalue weighted by Gasteiger charge is -2.14. The summed E-state index contributed by atoms with van der Waals surface area (Å²) in [6.07, 6.45) is -0.631. The van der Waals surface area contributed by atoms with Gasteiger partial charge in [-0.1, -0.05) is 11.6 Å². The summed E-state index contributed by atoms with van der Waals surface area (Å²) in [7, 11) is -4.35. The predicted molar refractivity (Wildman–Crippen MR) is 74.2 cm³/mol. The van der Waals surface area contributed by atoms with E-state index in [0.29, 0.717) is 6.61 Å². The molecule has 0 saturated heterocycles. The highest BCUT2D eigenvalue weighted by Gasteiger charge is 2.24. The lowest BCUT2D eigenvalue weighted by atomic mass is 10.2. The molecule has 0 bridgehead atoms. The highest BCUT2D eigenvalue weighted by Crippen LogP contribution is 2.23. The molecule has 9 heteroatoms. The molecule has 1 aromatic carbocycles. The van der Waals surface area contributed by atoms with Gasteiger partial charge in [0.2, 0.25) is 10.0 Å². The third-order valence-corrected chi connectivity index (χ3v) is 3.52. The SMILES string of the molecule is CCOCC(C)OC(=O)c1cc(Cl)cc(S(N)(=O)=O)c1F. The molecule has 0 aromatic heterocycles. The summed E-state index contributed by atoms with van der Waals surface area (Å²) in [6.45, 7) is 3.88. The van der Waals surface area contributed by atoms with E-state index < -0.39 is 38.4 Å². The number of halogens is 2. The summed E-state index contributed by atoms with van der Waals surface area (Å²) in [6, 6.07) is 1.80. The standard InChI is InChI=1S/C12H15ClFNO5S/c1-3-19-6-7(2)20-12(16)9-4-8(13)5-10(11(9)14)21(15,17)18/h4-5,7H,3,6H2,1-2H3,(H2,15,17,18). The second kappa shape index (κ2) is 7.17. The van der Waals surface area contributed by atoms with Gasteiger partial charge in [-0.15, -0.1) is 0 Å². The Bertz CT molecular complexity index is 635. The number of carbonyl (C=O) groups is 1. The maximum absolute atomic E-state index is 14.1. The largest absolute Gasteiger partial charge is 0.457 e. The number of carbonyl (C=O) groups excluding carboxylic acids is 1. The number of hydrogen-bond donors (Lipinski definition) is 1. The van der Waals surface area contributed by atoms with Crippen LogP contribution in [0.2, 0.25) is 5.02 Å². The Kier molecular flexibility index (Phi) is 6.09. The van der Waals surface area contributed by atoms with E-state index >= 15 is 0 Å². The van der Waals surface area contributed by atoms with Crippen LogP contribution in [0.3, 0.4) is 0 Å². The minimum Gasteiger partial charge on any atom is -0.457 e. The number of esters is 1. The molecule has 118 valence electrons. The van der Waals surface area contributed by atoms with Gasteiger partial charge in [0.1, 0.15) is 11.0 Å². The molecule has 1 rings (SSSR count). The number of hydrogen-bond acceptors (Lipinski definition) is 5. The number of ether oxygens (including phenoxy) is 2. The number of benzene rings is 1. The van der Waals surface area contributed by atoms with E-state index in [9.17, 15) is 17.6 Å². The van der Waals surface area contributed by atoms with Gasteiger partial charge in [-0.3, -0.25) is 0 Å². The van der Waals surface area contributed by atoms with Gasteiger partial charge in [0.15, 0.2) is 5.82 Å². The lowest BCUT2D eigenvalue weighted by molar-refractivity contribution is 0.00396. The second-order valence-electron chi connectivity index (χ2n) is 4.19. The first-order valence-electron chi connectivity index (χ1n) is 5.97. The minimum absolute atomic E-state index is 0.131. The van der Waals surface area contributed by atoms with Crippen LogP contribution >= 0.6 is 11.6 Å². The minimum atomic E-state index is -4.35. The number of sulfonamides is 1. The molecule has 0 saturated carbocycles. The van der Waals surface area contributed by atoms with Gasteiger partial charge in [0.05, 0.1) is 12.2 Å². The molecular formula is C12H15ClFNO5S. The second-order valence-corrected chi connectivity index (χ2v) is 6.15. The molecule has 1 unspecified atom stereocenters.